The largest absolute Gasteiger partial charge is 2.00 e. The summed E-state index contributed by atoms with van der Waals surface area (Å²) < 4.78 is 51.7. The fraction of sp³-hybridized carbons (Fsp3) is 0. The van der Waals surface area contributed by atoms with E-state index < -0.39 is 45.3 Å². The van der Waals surface area contributed by atoms with E-state index in [0.717, 1.165) is 0 Å². The van der Waals surface area contributed by atoms with E-state index in [9.17, 15) is 0 Å². The second-order valence-electron chi connectivity index (χ2n) is 0.500. The molecule has 0 aromatic carbocycles. The van der Waals surface area contributed by atoms with Crippen LogP contribution in [0.4, 0.5) is 0 Å². The predicted octanol–water partition coefficient (Wildman–Crippen LogP) is -5.76. The molecule has 0 unspecified atom stereocenters. The maximum atomic E-state index is 8.61. The molecular formula is CaO6SrZr2. The van der Waals surface area contributed by atoms with Crippen molar-refractivity contribution < 1.29 is 63.6 Å². The van der Waals surface area contributed by atoms with Crippen LogP contribution < -0.4 is 12.7 Å². The van der Waals surface area contributed by atoms with Crippen LogP contribution in [0.1, 0.15) is 0 Å². The number of hydrogen-bond acceptors (Lipinski definition) is 6. The molecule has 0 fully saturated rings. The van der Waals surface area contributed by atoms with Crippen LogP contribution in [0, 0.1) is 0 Å². The van der Waals surface area contributed by atoms with Gasteiger partial charge in [-0.15, -0.1) is 0 Å². The second-order valence-corrected chi connectivity index (χ2v) is 2.96. The molecule has 10 heavy (non-hydrogen) atoms. The molecule has 0 aromatic heterocycles. The molecule has 0 saturated carbocycles. The van der Waals surface area contributed by atoms with Crippen molar-refractivity contribution in [2.75, 3.05) is 0 Å². The van der Waals surface area contributed by atoms with Gasteiger partial charge in [0.05, 0.1) is 0 Å². The molecule has 0 aliphatic carbocycles. The molecule has 0 radical (unpaired) electrons. The zero-order chi connectivity index (χ0) is 7.15. The molecule has 0 N–H and O–H groups in total. The zero-order valence-corrected chi connectivity index (χ0v) is 15.5. The Kier molecular flexibility index (Phi) is 44.1. The Morgan fingerprint density at radius 2 is 0.800 bits per heavy atom. The summed E-state index contributed by atoms with van der Waals surface area (Å²) in [6, 6.07) is 0. The molecule has 0 heterocycles. The Labute approximate surface area is 143 Å². The van der Waals surface area contributed by atoms with Crippen molar-refractivity contribution in [3.63, 3.8) is 0 Å². The van der Waals surface area contributed by atoms with E-state index in [-0.39, 0.29) is 83.2 Å². The summed E-state index contributed by atoms with van der Waals surface area (Å²) in [5, 5.41) is 0. The summed E-state index contributed by atoms with van der Waals surface area (Å²) in [5.74, 6) is 0. The van der Waals surface area contributed by atoms with Crippen molar-refractivity contribution in [2.45, 2.75) is 0 Å². The van der Waals surface area contributed by atoms with Gasteiger partial charge in [0, 0.05) is 0 Å². The van der Waals surface area contributed by atoms with Gasteiger partial charge in [0.2, 0.25) is 0 Å². The van der Waals surface area contributed by atoms with Crippen molar-refractivity contribution >= 4 is 83.2 Å². The minimum Gasteiger partial charge on any atom is 2.00 e. The first kappa shape index (κ1) is 23.6. The van der Waals surface area contributed by atoms with Crippen LogP contribution in [0.15, 0.2) is 0 Å². The molecule has 10 heteroatoms. The molecule has 6 nitrogen and oxygen atoms in total. The first-order valence-electron chi connectivity index (χ1n) is 1.22. The average Bonchev–Trinajstić information content (AvgIpc) is 1.25. The summed E-state index contributed by atoms with van der Waals surface area (Å²) >= 11 is -8.59. The van der Waals surface area contributed by atoms with Gasteiger partial charge in [0.25, 0.3) is 0 Å². The molecule has 0 saturated heterocycles. The number of hydrogen-bond donors (Lipinski definition) is 0. The maximum absolute atomic E-state index is 8.61. The van der Waals surface area contributed by atoms with Crippen LogP contribution in [0.2, 0.25) is 0 Å². The molecule has 0 atom stereocenters. The van der Waals surface area contributed by atoms with E-state index in [0.29, 0.717) is 0 Å². The summed E-state index contributed by atoms with van der Waals surface area (Å²) in [6.45, 7) is 0. The minimum atomic E-state index is -4.29. The molecule has 0 bridgehead atoms. The minimum absolute atomic E-state index is 0. The van der Waals surface area contributed by atoms with Crippen molar-refractivity contribution in [1.29, 1.82) is 0 Å². The van der Waals surface area contributed by atoms with Crippen molar-refractivity contribution in [3.05, 3.63) is 0 Å². The van der Waals surface area contributed by atoms with Gasteiger partial charge in [0.15, 0.2) is 0 Å². The van der Waals surface area contributed by atoms with Gasteiger partial charge in [-0.3, -0.25) is 0 Å². The quantitative estimate of drug-likeness (QED) is 0.369. The van der Waals surface area contributed by atoms with Gasteiger partial charge in [-0.1, -0.05) is 0 Å². The van der Waals surface area contributed by atoms with E-state index in [1.165, 1.54) is 0 Å². The fourth-order valence-electron chi connectivity index (χ4n) is 0. The van der Waals surface area contributed by atoms with Crippen molar-refractivity contribution in [1.82, 2.24) is 0 Å². The molecule has 48 valence electrons. The maximum Gasteiger partial charge on any atom is 2.00 e. The first-order chi connectivity index (χ1) is 3.46. The summed E-state index contributed by atoms with van der Waals surface area (Å²) in [6.07, 6.45) is 0. The summed E-state index contributed by atoms with van der Waals surface area (Å²) in [5.41, 5.74) is 0. The fourth-order valence-corrected chi connectivity index (χ4v) is 0. The zero-order valence-electron chi connectivity index (χ0n) is 4.86. The molecule has 0 amide bonds. The van der Waals surface area contributed by atoms with Crippen LogP contribution in [-0.2, 0) is 50.9 Å². The van der Waals surface area contributed by atoms with E-state index in [4.69, 9.17) is 18.4 Å². The number of rotatable bonds is 0. The van der Waals surface area contributed by atoms with Crippen molar-refractivity contribution in [2.24, 2.45) is 0 Å². The smallest absolute Gasteiger partial charge is 2.00 e. The monoisotopic (exact) mass is 404 g/mol. The topological polar surface area (TPSA) is 126 Å². The third-order valence-electron chi connectivity index (χ3n) is 0. The van der Waals surface area contributed by atoms with Crippen LogP contribution >= 0.6 is 0 Å². The van der Waals surface area contributed by atoms with Gasteiger partial charge in [-0.25, -0.2) is 0 Å². The van der Waals surface area contributed by atoms with E-state index in [1.54, 1.807) is 0 Å². The van der Waals surface area contributed by atoms with Gasteiger partial charge >= 0.3 is 147 Å². The Balaban J connectivity index is -0.0000000300. The van der Waals surface area contributed by atoms with Gasteiger partial charge in [0.1, 0.15) is 0 Å². The third-order valence-corrected chi connectivity index (χ3v) is 0. The Hall–Kier alpha value is 3.95. The van der Waals surface area contributed by atoms with E-state index in [1.807, 2.05) is 0 Å². The van der Waals surface area contributed by atoms with Crippen molar-refractivity contribution in [3.8, 4) is 0 Å². The standard InChI is InChI=1S/Ca.6O.Sr.2Zr/q+2;;;4*-1;+2;;. The Morgan fingerprint density at radius 3 is 0.800 bits per heavy atom. The molecule has 0 rings (SSSR count). The van der Waals surface area contributed by atoms with Crippen LogP contribution in [-0.4, -0.2) is 83.2 Å². The Bertz CT molecular complexity index is 73.7. The summed E-state index contributed by atoms with van der Waals surface area (Å²) in [4.78, 5) is 0. The van der Waals surface area contributed by atoms with Crippen LogP contribution in [0.3, 0.4) is 0 Å². The molecule has 0 aromatic rings. The third kappa shape index (κ3) is 91.9. The van der Waals surface area contributed by atoms with E-state index in [2.05, 4.69) is 0 Å². The van der Waals surface area contributed by atoms with Gasteiger partial charge in [-0.2, -0.15) is 0 Å². The predicted molar refractivity (Wildman–Crippen MR) is 12.9 cm³/mol. The SMILES string of the molecule is [Ca+2].[O]=[Zr]([O-])[O-].[O]=[Zr]([O-])[O-].[Sr+2]. The molecule has 0 aliphatic heterocycles. The van der Waals surface area contributed by atoms with Crippen LogP contribution in [0.5, 0.6) is 0 Å². The van der Waals surface area contributed by atoms with Gasteiger partial charge < -0.3 is 0 Å². The normalized spacial score (nSPS) is 5.20. The average molecular weight is 406 g/mol. The van der Waals surface area contributed by atoms with Crippen LogP contribution in [0.25, 0.3) is 0 Å². The first-order valence-corrected chi connectivity index (χ1v) is 7.25. The molecule has 0 aliphatic rings. The molecular weight excluding hydrogens is 406 g/mol. The Morgan fingerprint density at radius 1 is 0.800 bits per heavy atom. The molecule has 0 spiro atoms. The summed E-state index contributed by atoms with van der Waals surface area (Å²) in [7, 11) is 0. The second kappa shape index (κ2) is 18.7. The van der Waals surface area contributed by atoms with Gasteiger partial charge in [-0.05, 0) is 0 Å². The van der Waals surface area contributed by atoms with E-state index >= 15 is 0 Å².